The molecule has 6 nitrogen and oxygen atoms in total. The van der Waals surface area contributed by atoms with Crippen molar-refractivity contribution in [3.63, 3.8) is 0 Å². The van der Waals surface area contributed by atoms with Crippen LogP contribution in [0.2, 0.25) is 0 Å². The number of primary amides is 1. The van der Waals surface area contributed by atoms with Gasteiger partial charge in [-0.05, 0) is 31.4 Å². The van der Waals surface area contributed by atoms with Crippen LogP contribution in [0.25, 0.3) is 0 Å². The van der Waals surface area contributed by atoms with Crippen molar-refractivity contribution in [1.82, 2.24) is 4.90 Å². The maximum absolute atomic E-state index is 11.5. The highest BCUT2D eigenvalue weighted by Gasteiger charge is 2.31. The maximum Gasteiger partial charge on any atom is 0.320 e. The van der Waals surface area contributed by atoms with Gasteiger partial charge in [-0.25, -0.2) is 0 Å². The normalized spacial score (nSPS) is 18.7. The number of hydrogen-bond donors (Lipinski definition) is 2. The Balaban J connectivity index is 0.00000220. The Kier molecular flexibility index (Phi) is 5.88. The fourth-order valence-corrected chi connectivity index (χ4v) is 3.74. The third-order valence-electron chi connectivity index (χ3n) is 3.66. The van der Waals surface area contributed by atoms with Crippen molar-refractivity contribution in [1.29, 1.82) is 0 Å². The van der Waals surface area contributed by atoms with Gasteiger partial charge < -0.3 is 16.3 Å². The van der Waals surface area contributed by atoms with Crippen LogP contribution in [-0.2, 0) is 11.3 Å². The summed E-state index contributed by atoms with van der Waals surface area (Å²) in [6, 6.07) is 1.40. The smallest absolute Gasteiger partial charge is 0.320 e. The lowest BCUT2D eigenvalue weighted by Crippen LogP contribution is -2.35. The molecule has 0 spiro atoms. The van der Waals surface area contributed by atoms with Crippen LogP contribution in [0.1, 0.15) is 52.7 Å². The van der Waals surface area contributed by atoms with E-state index in [1.807, 2.05) is 11.0 Å². The molecule has 0 bridgehead atoms. The van der Waals surface area contributed by atoms with E-state index in [0.29, 0.717) is 24.4 Å². The van der Waals surface area contributed by atoms with Crippen LogP contribution in [0.3, 0.4) is 0 Å². The second kappa shape index (κ2) is 7.02. The lowest BCUT2D eigenvalue weighted by atomic mass is 10.1. The highest BCUT2D eigenvalue weighted by Crippen LogP contribution is 2.31. The predicted octanol–water partition coefficient (Wildman–Crippen LogP) is 1.19. The van der Waals surface area contributed by atoms with Crippen LogP contribution in [0.5, 0.6) is 0 Å². The Hall–Kier alpha value is -1.44. The number of amides is 1. The Morgan fingerprint density at radius 2 is 2.19 bits per heavy atom. The van der Waals surface area contributed by atoms with Crippen molar-refractivity contribution < 1.29 is 20.2 Å². The van der Waals surface area contributed by atoms with Crippen LogP contribution in [-0.4, -0.2) is 39.9 Å². The number of nitrogens with zero attached hydrogens (tertiary/aromatic N) is 1. The van der Waals surface area contributed by atoms with Crippen molar-refractivity contribution in [2.75, 3.05) is 6.54 Å². The summed E-state index contributed by atoms with van der Waals surface area (Å²) >= 11 is 1.56. The Labute approximate surface area is 127 Å². The first-order valence-corrected chi connectivity index (χ1v) is 7.61. The van der Waals surface area contributed by atoms with Gasteiger partial charge in [0.25, 0.3) is 0 Å². The zero-order valence-electron chi connectivity index (χ0n) is 12.3. The number of carbonyl (C=O) groups excluding carboxylic acids is 1. The summed E-state index contributed by atoms with van der Waals surface area (Å²) in [7, 11) is 0. The second-order valence-electron chi connectivity index (χ2n) is 5.47. The second-order valence-corrected chi connectivity index (χ2v) is 6.64. The van der Waals surface area contributed by atoms with Gasteiger partial charge in [0.15, 0.2) is 0 Å². The molecule has 0 aliphatic carbocycles. The molecule has 1 aliphatic heterocycles. The largest absolute Gasteiger partial charge is 0.480 e. The number of carboxylic acids is 1. The molecule has 1 aliphatic rings. The van der Waals surface area contributed by atoms with Crippen LogP contribution < -0.4 is 5.73 Å². The third kappa shape index (κ3) is 3.81. The number of likely N-dealkylation sites (tertiary alicyclic amines) is 1. The lowest BCUT2D eigenvalue weighted by Gasteiger charge is -2.20. The Morgan fingerprint density at radius 1 is 1.52 bits per heavy atom. The van der Waals surface area contributed by atoms with Gasteiger partial charge in [0, 0.05) is 16.3 Å². The van der Waals surface area contributed by atoms with Crippen LogP contribution in [0, 0.1) is 0 Å². The molecule has 2 heterocycles. The number of hydrogen-bond acceptors (Lipinski definition) is 4. The highest BCUT2D eigenvalue weighted by molar-refractivity contribution is 7.12. The first-order valence-electron chi connectivity index (χ1n) is 6.79. The number of rotatable bonds is 5. The van der Waals surface area contributed by atoms with E-state index in [1.54, 1.807) is 11.3 Å². The van der Waals surface area contributed by atoms with Crippen LogP contribution in [0.15, 0.2) is 6.07 Å². The first kappa shape index (κ1) is 17.6. The van der Waals surface area contributed by atoms with E-state index in [4.69, 9.17) is 5.73 Å². The average molecular weight is 314 g/mol. The zero-order valence-corrected chi connectivity index (χ0v) is 13.1. The summed E-state index contributed by atoms with van der Waals surface area (Å²) in [5.74, 6) is -0.890. The summed E-state index contributed by atoms with van der Waals surface area (Å²) in [6.07, 6.45) is 1.55. The Morgan fingerprint density at radius 3 is 2.71 bits per heavy atom. The van der Waals surface area contributed by atoms with E-state index >= 15 is 0 Å². The molecule has 5 N–H and O–H groups in total. The zero-order chi connectivity index (χ0) is 14.9. The SMILES string of the molecule is CC(C)c1cc(C(N)=O)c(CN2CCC[C@H]2C(=O)O)s1.O. The van der Waals surface area contributed by atoms with Crippen molar-refractivity contribution in [3.8, 4) is 0 Å². The molecule has 7 heteroatoms. The summed E-state index contributed by atoms with van der Waals surface area (Å²) in [5.41, 5.74) is 5.97. The molecule has 1 fully saturated rings. The minimum atomic E-state index is -0.788. The van der Waals surface area contributed by atoms with Gasteiger partial charge >= 0.3 is 5.97 Å². The number of carbonyl (C=O) groups is 2. The highest BCUT2D eigenvalue weighted by atomic mass is 32.1. The predicted molar refractivity (Wildman–Crippen MR) is 81.6 cm³/mol. The van der Waals surface area contributed by atoms with Crippen molar-refractivity contribution in [2.45, 2.75) is 45.2 Å². The summed E-state index contributed by atoms with van der Waals surface area (Å²) in [5, 5.41) is 9.20. The molecule has 0 unspecified atom stereocenters. The molecule has 1 amide bonds. The summed E-state index contributed by atoms with van der Waals surface area (Å²) in [6.45, 7) is 5.38. The van der Waals surface area contributed by atoms with Crippen molar-refractivity contribution in [2.24, 2.45) is 5.73 Å². The van der Waals surface area contributed by atoms with Crippen LogP contribution in [0.4, 0.5) is 0 Å². The molecule has 1 saturated heterocycles. The molecule has 1 aromatic heterocycles. The maximum atomic E-state index is 11.5. The quantitative estimate of drug-likeness (QED) is 0.849. The van der Waals surface area contributed by atoms with E-state index in [-0.39, 0.29) is 5.48 Å². The molecule has 2 rings (SSSR count). The van der Waals surface area contributed by atoms with Crippen molar-refractivity contribution in [3.05, 3.63) is 21.4 Å². The third-order valence-corrected chi connectivity index (χ3v) is 5.08. The minimum Gasteiger partial charge on any atom is -0.480 e. The number of aliphatic carboxylic acids is 1. The summed E-state index contributed by atoms with van der Waals surface area (Å²) < 4.78 is 0. The fraction of sp³-hybridized carbons (Fsp3) is 0.571. The molecular weight excluding hydrogens is 292 g/mol. The Bertz CT molecular complexity index is 527. The molecule has 0 aromatic carbocycles. The van der Waals surface area contributed by atoms with Gasteiger partial charge in [0.2, 0.25) is 5.91 Å². The molecule has 21 heavy (non-hydrogen) atoms. The standard InChI is InChI=1S/C14H20N2O3S.H2O/c1-8(2)11-6-9(13(15)17)12(20-11)7-16-5-3-4-10(16)14(18)19;/h6,8,10H,3-5,7H2,1-2H3,(H2,15,17)(H,18,19);1H2/t10-;/m0./s1. The number of carboxylic acid groups (broad SMARTS) is 1. The van der Waals surface area contributed by atoms with E-state index in [0.717, 1.165) is 22.7 Å². The number of thiophene rings is 1. The fourth-order valence-electron chi connectivity index (χ4n) is 2.54. The van der Waals surface area contributed by atoms with Gasteiger partial charge in [-0.1, -0.05) is 13.8 Å². The van der Waals surface area contributed by atoms with Crippen LogP contribution >= 0.6 is 11.3 Å². The monoisotopic (exact) mass is 314 g/mol. The van der Waals surface area contributed by atoms with E-state index in [1.165, 1.54) is 0 Å². The van der Waals surface area contributed by atoms with E-state index in [2.05, 4.69) is 13.8 Å². The van der Waals surface area contributed by atoms with Gasteiger partial charge in [-0.15, -0.1) is 11.3 Å². The molecule has 0 saturated carbocycles. The molecule has 1 atom stereocenters. The topological polar surface area (TPSA) is 115 Å². The number of nitrogens with two attached hydrogens (primary N) is 1. The van der Waals surface area contributed by atoms with Gasteiger partial charge in [0.05, 0.1) is 5.56 Å². The van der Waals surface area contributed by atoms with Gasteiger partial charge in [-0.2, -0.15) is 0 Å². The average Bonchev–Trinajstić information content (AvgIpc) is 2.95. The molecule has 1 aromatic rings. The lowest BCUT2D eigenvalue weighted by molar-refractivity contribution is -0.142. The van der Waals surface area contributed by atoms with E-state index in [9.17, 15) is 14.7 Å². The molecule has 0 radical (unpaired) electrons. The molecular formula is C14H22N2O4S. The molecule has 118 valence electrons. The van der Waals surface area contributed by atoms with Gasteiger partial charge in [-0.3, -0.25) is 14.5 Å². The van der Waals surface area contributed by atoms with Gasteiger partial charge in [0.1, 0.15) is 6.04 Å². The summed E-state index contributed by atoms with van der Waals surface area (Å²) in [4.78, 5) is 26.7. The van der Waals surface area contributed by atoms with E-state index < -0.39 is 17.9 Å². The van der Waals surface area contributed by atoms with Crippen molar-refractivity contribution >= 4 is 23.2 Å². The first-order chi connectivity index (χ1) is 9.40. The minimum absolute atomic E-state index is 0.